The Hall–Kier alpha value is -2.02. The molecule has 0 aromatic heterocycles. The predicted octanol–water partition coefficient (Wildman–Crippen LogP) is 2.64. The molecule has 0 saturated carbocycles. The summed E-state index contributed by atoms with van der Waals surface area (Å²) in [5.41, 5.74) is 1.79. The van der Waals surface area contributed by atoms with E-state index < -0.39 is 5.97 Å². The number of anilines is 1. The molecule has 0 aliphatic carbocycles. The summed E-state index contributed by atoms with van der Waals surface area (Å²) < 4.78 is 0. The number of aliphatic carboxylic acids is 1. The molecule has 1 aliphatic heterocycles. The number of carboxylic acid groups (broad SMARTS) is 1. The third-order valence-electron chi connectivity index (χ3n) is 3.65. The Morgan fingerprint density at radius 1 is 1.42 bits per heavy atom. The number of carbonyl (C=O) groups is 1. The van der Waals surface area contributed by atoms with E-state index in [0.29, 0.717) is 11.5 Å². The minimum Gasteiger partial charge on any atom is -0.481 e. The van der Waals surface area contributed by atoms with Gasteiger partial charge in [0.15, 0.2) is 0 Å². The van der Waals surface area contributed by atoms with Gasteiger partial charge in [0.1, 0.15) is 0 Å². The summed E-state index contributed by atoms with van der Waals surface area (Å²) in [6, 6.07) is 9.71. The zero-order valence-electron chi connectivity index (χ0n) is 10.9. The Balaban J connectivity index is 1.96. The second-order valence-electron chi connectivity index (χ2n) is 5.05. The molecule has 1 unspecified atom stereocenters. The maximum absolute atomic E-state index is 10.6. The molecular weight excluding hydrogens is 240 g/mol. The Morgan fingerprint density at radius 3 is 2.79 bits per heavy atom. The van der Waals surface area contributed by atoms with Gasteiger partial charge in [0, 0.05) is 25.2 Å². The van der Waals surface area contributed by atoms with Crippen LogP contribution in [0.2, 0.25) is 0 Å². The van der Waals surface area contributed by atoms with Crippen LogP contribution in [-0.2, 0) is 4.79 Å². The number of hydrogen-bond acceptors (Lipinski definition) is 3. The Labute approximate surface area is 113 Å². The largest absolute Gasteiger partial charge is 0.481 e. The number of benzene rings is 1. The predicted molar refractivity (Wildman–Crippen MR) is 73.0 cm³/mol. The highest BCUT2D eigenvalue weighted by Gasteiger charge is 2.20. The van der Waals surface area contributed by atoms with E-state index in [9.17, 15) is 4.79 Å². The van der Waals surface area contributed by atoms with E-state index >= 15 is 0 Å². The lowest BCUT2D eigenvalue weighted by atomic mass is 9.93. The summed E-state index contributed by atoms with van der Waals surface area (Å²) in [7, 11) is 0. The van der Waals surface area contributed by atoms with Gasteiger partial charge in [0.25, 0.3) is 0 Å². The first-order valence-corrected chi connectivity index (χ1v) is 6.66. The smallest absolute Gasteiger partial charge is 0.303 e. The molecule has 1 aliphatic rings. The summed E-state index contributed by atoms with van der Waals surface area (Å²) in [5, 5.41) is 17.5. The van der Waals surface area contributed by atoms with Crippen LogP contribution in [0.3, 0.4) is 0 Å². The summed E-state index contributed by atoms with van der Waals surface area (Å²) in [5.74, 6) is -0.254. The van der Waals surface area contributed by atoms with Gasteiger partial charge in [0.05, 0.1) is 11.6 Å². The topological polar surface area (TPSA) is 64.3 Å². The third kappa shape index (κ3) is 3.72. The fourth-order valence-electron chi connectivity index (χ4n) is 2.61. The van der Waals surface area contributed by atoms with Crippen molar-refractivity contribution in [3.63, 3.8) is 0 Å². The van der Waals surface area contributed by atoms with Crippen molar-refractivity contribution in [1.29, 1.82) is 5.26 Å². The van der Waals surface area contributed by atoms with Gasteiger partial charge < -0.3 is 10.0 Å². The SMILES string of the molecule is N#Cc1ccc(N2CCCC(CCC(=O)O)C2)cc1. The van der Waals surface area contributed by atoms with Crippen molar-refractivity contribution >= 4 is 11.7 Å². The van der Waals surface area contributed by atoms with Crippen LogP contribution in [0.1, 0.15) is 31.2 Å². The first kappa shape index (κ1) is 13.4. The zero-order valence-corrected chi connectivity index (χ0v) is 10.9. The summed E-state index contributed by atoms with van der Waals surface area (Å²) >= 11 is 0. The average Bonchev–Trinajstić information content (AvgIpc) is 2.45. The summed E-state index contributed by atoms with van der Waals surface area (Å²) in [6.45, 7) is 1.93. The highest BCUT2D eigenvalue weighted by atomic mass is 16.4. The van der Waals surface area contributed by atoms with Gasteiger partial charge in [-0.2, -0.15) is 5.26 Å². The molecule has 1 heterocycles. The normalized spacial score (nSPS) is 18.9. The number of nitrogens with zero attached hydrogens (tertiary/aromatic N) is 2. The van der Waals surface area contributed by atoms with Crippen LogP contribution in [-0.4, -0.2) is 24.2 Å². The van der Waals surface area contributed by atoms with Crippen molar-refractivity contribution < 1.29 is 9.90 Å². The molecule has 0 amide bonds. The van der Waals surface area contributed by atoms with Crippen molar-refractivity contribution in [2.75, 3.05) is 18.0 Å². The van der Waals surface area contributed by atoms with Crippen LogP contribution in [0.5, 0.6) is 0 Å². The molecule has 2 rings (SSSR count). The first-order chi connectivity index (χ1) is 9.19. The molecule has 4 nitrogen and oxygen atoms in total. The third-order valence-corrected chi connectivity index (χ3v) is 3.65. The quantitative estimate of drug-likeness (QED) is 0.901. The number of nitriles is 1. The van der Waals surface area contributed by atoms with Crippen LogP contribution in [0.15, 0.2) is 24.3 Å². The molecular formula is C15H18N2O2. The number of rotatable bonds is 4. The van der Waals surface area contributed by atoms with Crippen molar-refractivity contribution in [2.24, 2.45) is 5.92 Å². The Kier molecular flexibility index (Phi) is 4.40. The fraction of sp³-hybridized carbons (Fsp3) is 0.467. The van der Waals surface area contributed by atoms with Crippen LogP contribution < -0.4 is 4.90 Å². The van der Waals surface area contributed by atoms with Gasteiger partial charge in [-0.1, -0.05) is 0 Å². The minimum absolute atomic E-state index is 0.256. The second kappa shape index (κ2) is 6.24. The molecule has 100 valence electrons. The van der Waals surface area contributed by atoms with Crippen LogP contribution in [0.4, 0.5) is 5.69 Å². The minimum atomic E-state index is -0.713. The maximum atomic E-state index is 10.6. The molecule has 4 heteroatoms. The number of piperidine rings is 1. The van der Waals surface area contributed by atoms with Crippen LogP contribution in [0.25, 0.3) is 0 Å². The second-order valence-corrected chi connectivity index (χ2v) is 5.05. The van der Waals surface area contributed by atoms with Gasteiger partial charge in [0.2, 0.25) is 0 Å². The van der Waals surface area contributed by atoms with Crippen molar-refractivity contribution in [3.05, 3.63) is 29.8 Å². The summed E-state index contributed by atoms with van der Waals surface area (Å²) in [4.78, 5) is 12.9. The molecule has 1 atom stereocenters. The lowest BCUT2D eigenvalue weighted by Crippen LogP contribution is -2.35. The van der Waals surface area contributed by atoms with Crippen molar-refractivity contribution in [1.82, 2.24) is 0 Å². The van der Waals surface area contributed by atoms with E-state index in [1.54, 1.807) is 0 Å². The molecule has 0 radical (unpaired) electrons. The van der Waals surface area contributed by atoms with Gasteiger partial charge >= 0.3 is 5.97 Å². The monoisotopic (exact) mass is 258 g/mol. The van der Waals surface area contributed by atoms with Gasteiger partial charge in [-0.15, -0.1) is 0 Å². The molecule has 1 aromatic rings. The average molecular weight is 258 g/mol. The van der Waals surface area contributed by atoms with Crippen molar-refractivity contribution in [3.8, 4) is 6.07 Å². The molecule has 0 spiro atoms. The highest BCUT2D eigenvalue weighted by Crippen LogP contribution is 2.25. The van der Waals surface area contributed by atoms with E-state index in [1.807, 2.05) is 24.3 Å². The lowest BCUT2D eigenvalue weighted by molar-refractivity contribution is -0.137. The van der Waals surface area contributed by atoms with Crippen LogP contribution >= 0.6 is 0 Å². The molecule has 19 heavy (non-hydrogen) atoms. The number of hydrogen-bond donors (Lipinski definition) is 1. The highest BCUT2D eigenvalue weighted by molar-refractivity contribution is 5.66. The molecule has 1 fully saturated rings. The lowest BCUT2D eigenvalue weighted by Gasteiger charge is -2.34. The van der Waals surface area contributed by atoms with Crippen molar-refractivity contribution in [2.45, 2.75) is 25.7 Å². The van der Waals surface area contributed by atoms with E-state index in [1.165, 1.54) is 0 Å². The molecule has 1 aromatic carbocycles. The van der Waals surface area contributed by atoms with E-state index in [-0.39, 0.29) is 6.42 Å². The summed E-state index contributed by atoms with van der Waals surface area (Å²) in [6.07, 6.45) is 3.22. The maximum Gasteiger partial charge on any atom is 0.303 e. The molecule has 0 bridgehead atoms. The Morgan fingerprint density at radius 2 is 2.16 bits per heavy atom. The van der Waals surface area contributed by atoms with E-state index in [4.69, 9.17) is 10.4 Å². The van der Waals surface area contributed by atoms with Gasteiger partial charge in [-0.05, 0) is 49.4 Å². The zero-order chi connectivity index (χ0) is 13.7. The standard InChI is InChI=1S/C15H18N2O2/c16-10-12-3-6-14(7-4-12)17-9-1-2-13(11-17)5-8-15(18)19/h3-4,6-7,13H,1-2,5,8-9,11H2,(H,18,19). The van der Waals surface area contributed by atoms with Gasteiger partial charge in [-0.25, -0.2) is 0 Å². The van der Waals surface area contributed by atoms with Gasteiger partial charge in [-0.3, -0.25) is 4.79 Å². The van der Waals surface area contributed by atoms with E-state index in [0.717, 1.165) is 38.0 Å². The molecule has 1 saturated heterocycles. The Bertz CT molecular complexity index is 476. The van der Waals surface area contributed by atoms with E-state index in [2.05, 4.69) is 11.0 Å². The fourth-order valence-corrected chi connectivity index (χ4v) is 2.61. The van der Waals surface area contributed by atoms with Crippen LogP contribution in [0, 0.1) is 17.2 Å². The number of carboxylic acids is 1. The first-order valence-electron chi connectivity index (χ1n) is 6.66. The molecule has 1 N–H and O–H groups in total.